The fourth-order valence-corrected chi connectivity index (χ4v) is 5.63. The van der Waals surface area contributed by atoms with Crippen molar-refractivity contribution in [3.05, 3.63) is 23.2 Å². The Morgan fingerprint density at radius 2 is 1.93 bits per heavy atom. The SMILES string of the molecule is CC(=O)Nc1ccc(S(=O)(=O)N2CCC(N3C(=O)OCC3C(C)C)CC2)cc1Cl. The van der Waals surface area contributed by atoms with Gasteiger partial charge in [0.05, 0.1) is 21.6 Å². The van der Waals surface area contributed by atoms with Crippen LogP contribution in [0.4, 0.5) is 10.5 Å². The van der Waals surface area contributed by atoms with E-state index in [0.29, 0.717) is 38.2 Å². The molecule has 2 aliphatic heterocycles. The molecule has 1 N–H and O–H groups in total. The molecule has 10 heteroatoms. The van der Waals surface area contributed by atoms with Crippen LogP contribution in [0.25, 0.3) is 0 Å². The maximum absolute atomic E-state index is 13.0. The molecule has 2 amide bonds. The van der Waals surface area contributed by atoms with Crippen LogP contribution in [0.2, 0.25) is 5.02 Å². The summed E-state index contributed by atoms with van der Waals surface area (Å²) in [4.78, 5) is 25.2. The standard InChI is InChI=1S/C19H26ClN3O5S/c1-12(2)18-11-28-19(25)23(18)14-6-8-22(9-7-14)29(26,27)15-4-5-17(16(20)10-15)21-13(3)24/h4-5,10,12,14,18H,6-9,11H2,1-3H3,(H,21,24). The maximum atomic E-state index is 13.0. The zero-order chi connectivity index (χ0) is 21.3. The van der Waals surface area contributed by atoms with Crippen molar-refractivity contribution in [2.45, 2.75) is 50.6 Å². The van der Waals surface area contributed by atoms with Gasteiger partial charge in [0.15, 0.2) is 0 Å². The molecule has 1 aromatic rings. The van der Waals surface area contributed by atoms with Crippen LogP contribution >= 0.6 is 11.6 Å². The van der Waals surface area contributed by atoms with E-state index in [9.17, 15) is 18.0 Å². The monoisotopic (exact) mass is 443 g/mol. The highest BCUT2D eigenvalue weighted by molar-refractivity contribution is 7.89. The maximum Gasteiger partial charge on any atom is 0.410 e. The number of sulfonamides is 1. The number of ether oxygens (including phenoxy) is 1. The average molecular weight is 444 g/mol. The summed E-state index contributed by atoms with van der Waals surface area (Å²) < 4.78 is 32.7. The van der Waals surface area contributed by atoms with Gasteiger partial charge in [-0.3, -0.25) is 9.69 Å². The molecule has 0 radical (unpaired) electrons. The normalized spacial score (nSPS) is 21.5. The quantitative estimate of drug-likeness (QED) is 0.754. The van der Waals surface area contributed by atoms with E-state index in [1.54, 1.807) is 4.90 Å². The fraction of sp³-hybridized carbons (Fsp3) is 0.579. The summed E-state index contributed by atoms with van der Waals surface area (Å²) in [5, 5.41) is 2.72. The second kappa shape index (κ2) is 8.49. The van der Waals surface area contributed by atoms with Crippen LogP contribution < -0.4 is 5.32 Å². The van der Waals surface area contributed by atoms with Crippen molar-refractivity contribution in [1.82, 2.24) is 9.21 Å². The molecule has 3 rings (SSSR count). The van der Waals surface area contributed by atoms with E-state index in [-0.39, 0.29) is 39.9 Å². The van der Waals surface area contributed by atoms with Crippen molar-refractivity contribution in [2.75, 3.05) is 25.0 Å². The molecule has 2 saturated heterocycles. The first-order chi connectivity index (χ1) is 13.6. The van der Waals surface area contributed by atoms with Gasteiger partial charge in [0.2, 0.25) is 15.9 Å². The molecule has 29 heavy (non-hydrogen) atoms. The summed E-state index contributed by atoms with van der Waals surface area (Å²) >= 11 is 6.13. The Kier molecular flexibility index (Phi) is 6.40. The highest BCUT2D eigenvalue weighted by atomic mass is 35.5. The molecule has 1 atom stereocenters. The van der Waals surface area contributed by atoms with Crippen LogP contribution in [0, 0.1) is 5.92 Å². The lowest BCUT2D eigenvalue weighted by atomic mass is 9.98. The number of rotatable bonds is 5. The van der Waals surface area contributed by atoms with E-state index in [0.717, 1.165) is 0 Å². The molecule has 8 nitrogen and oxygen atoms in total. The van der Waals surface area contributed by atoms with Gasteiger partial charge in [-0.2, -0.15) is 4.31 Å². The summed E-state index contributed by atoms with van der Waals surface area (Å²) in [6, 6.07) is 4.26. The molecule has 0 bridgehead atoms. The number of nitrogens with zero attached hydrogens (tertiary/aromatic N) is 2. The average Bonchev–Trinajstić information content (AvgIpc) is 3.05. The van der Waals surface area contributed by atoms with Crippen molar-refractivity contribution in [3.8, 4) is 0 Å². The van der Waals surface area contributed by atoms with E-state index in [4.69, 9.17) is 16.3 Å². The molecule has 1 unspecified atom stereocenters. The first kappa shape index (κ1) is 21.9. The van der Waals surface area contributed by atoms with Gasteiger partial charge in [-0.15, -0.1) is 0 Å². The summed E-state index contributed by atoms with van der Waals surface area (Å²) in [6.07, 6.45) is 0.787. The van der Waals surface area contributed by atoms with Crippen LogP contribution in [-0.2, 0) is 19.6 Å². The third-order valence-electron chi connectivity index (χ3n) is 5.42. The zero-order valence-electron chi connectivity index (χ0n) is 16.7. The van der Waals surface area contributed by atoms with E-state index < -0.39 is 10.0 Å². The summed E-state index contributed by atoms with van der Waals surface area (Å²) in [7, 11) is -3.72. The predicted molar refractivity (Wildman–Crippen MR) is 109 cm³/mol. The highest BCUT2D eigenvalue weighted by Crippen LogP contribution is 2.31. The second-order valence-corrected chi connectivity index (χ2v) is 10.1. The van der Waals surface area contributed by atoms with Crippen molar-refractivity contribution in [1.29, 1.82) is 0 Å². The van der Waals surface area contributed by atoms with Crippen molar-refractivity contribution in [2.24, 2.45) is 5.92 Å². The van der Waals surface area contributed by atoms with Crippen LogP contribution in [0.3, 0.4) is 0 Å². The van der Waals surface area contributed by atoms with Gasteiger partial charge in [-0.1, -0.05) is 25.4 Å². The minimum atomic E-state index is -3.72. The van der Waals surface area contributed by atoms with Crippen LogP contribution in [0.5, 0.6) is 0 Å². The summed E-state index contributed by atoms with van der Waals surface area (Å²) in [6.45, 7) is 6.46. The Bertz CT molecular complexity index is 897. The van der Waals surface area contributed by atoms with E-state index in [1.165, 1.54) is 29.4 Å². The number of anilines is 1. The van der Waals surface area contributed by atoms with Crippen molar-refractivity contribution < 1.29 is 22.7 Å². The Morgan fingerprint density at radius 3 is 2.48 bits per heavy atom. The Morgan fingerprint density at radius 1 is 1.28 bits per heavy atom. The lowest BCUT2D eigenvalue weighted by molar-refractivity contribution is -0.114. The smallest absolute Gasteiger partial charge is 0.410 e. The number of carbonyl (C=O) groups excluding carboxylic acids is 2. The molecular formula is C19H26ClN3O5S. The number of halogens is 1. The molecule has 0 spiro atoms. The van der Waals surface area contributed by atoms with Crippen molar-refractivity contribution in [3.63, 3.8) is 0 Å². The third kappa shape index (κ3) is 4.51. The minimum absolute atomic E-state index is 0.0239. The largest absolute Gasteiger partial charge is 0.447 e. The van der Waals surface area contributed by atoms with Crippen LogP contribution in [-0.4, -0.2) is 61.4 Å². The van der Waals surface area contributed by atoms with Gasteiger partial charge in [0.1, 0.15) is 6.61 Å². The topological polar surface area (TPSA) is 96.0 Å². The molecule has 2 heterocycles. The van der Waals surface area contributed by atoms with Gasteiger partial charge in [0.25, 0.3) is 0 Å². The Hall–Kier alpha value is -1.84. The number of benzene rings is 1. The molecule has 1 aromatic carbocycles. The third-order valence-corrected chi connectivity index (χ3v) is 7.63. The van der Waals surface area contributed by atoms with E-state index >= 15 is 0 Å². The minimum Gasteiger partial charge on any atom is -0.447 e. The molecular weight excluding hydrogens is 418 g/mol. The number of cyclic esters (lactones) is 1. The number of hydrogen-bond acceptors (Lipinski definition) is 5. The predicted octanol–water partition coefficient (Wildman–Crippen LogP) is 2.93. The van der Waals surface area contributed by atoms with Crippen LogP contribution in [0.1, 0.15) is 33.6 Å². The number of carbonyl (C=O) groups is 2. The number of hydrogen-bond donors (Lipinski definition) is 1. The van der Waals surface area contributed by atoms with Gasteiger partial charge < -0.3 is 10.1 Å². The first-order valence-electron chi connectivity index (χ1n) is 9.63. The fourth-order valence-electron chi connectivity index (χ4n) is 3.84. The number of nitrogens with one attached hydrogen (secondary N) is 1. The van der Waals surface area contributed by atoms with E-state index in [1.807, 2.05) is 13.8 Å². The Balaban J connectivity index is 1.71. The zero-order valence-corrected chi connectivity index (χ0v) is 18.3. The van der Waals surface area contributed by atoms with Gasteiger partial charge in [0, 0.05) is 26.1 Å². The molecule has 2 fully saturated rings. The van der Waals surface area contributed by atoms with Gasteiger partial charge in [-0.25, -0.2) is 13.2 Å². The van der Waals surface area contributed by atoms with Gasteiger partial charge >= 0.3 is 6.09 Å². The van der Waals surface area contributed by atoms with Crippen molar-refractivity contribution >= 4 is 39.3 Å². The second-order valence-electron chi connectivity index (χ2n) is 7.75. The number of piperidine rings is 1. The molecule has 0 aliphatic carbocycles. The molecule has 160 valence electrons. The Labute approximate surface area is 176 Å². The molecule has 0 aromatic heterocycles. The van der Waals surface area contributed by atoms with Gasteiger partial charge in [-0.05, 0) is 37.0 Å². The molecule has 2 aliphatic rings. The lowest BCUT2D eigenvalue weighted by Crippen LogP contribution is -2.50. The van der Waals surface area contributed by atoms with Crippen LogP contribution in [0.15, 0.2) is 23.1 Å². The number of amides is 2. The molecule has 0 saturated carbocycles. The van der Waals surface area contributed by atoms with E-state index in [2.05, 4.69) is 5.32 Å². The first-order valence-corrected chi connectivity index (χ1v) is 11.5. The summed E-state index contributed by atoms with van der Waals surface area (Å²) in [5.41, 5.74) is 0.365. The summed E-state index contributed by atoms with van der Waals surface area (Å²) in [5.74, 6) is -0.0165. The lowest BCUT2D eigenvalue weighted by Gasteiger charge is -2.38. The highest BCUT2D eigenvalue weighted by Gasteiger charge is 2.42.